The number of aromatic nitrogens is 2. The molecule has 0 unspecified atom stereocenters. The predicted molar refractivity (Wildman–Crippen MR) is 279 cm³/mol. The fraction of sp³-hybridized carbons (Fsp3) is 0.183. The van der Waals surface area contributed by atoms with Gasteiger partial charge in [0.1, 0.15) is 11.5 Å². The highest BCUT2D eigenvalue weighted by molar-refractivity contribution is 7.24. The van der Waals surface area contributed by atoms with Gasteiger partial charge in [-0.15, -0.1) is 0 Å². The molecule has 5 heteroatoms. The summed E-state index contributed by atoms with van der Waals surface area (Å²) in [5.41, 5.74) is 6.52. The van der Waals surface area contributed by atoms with E-state index < -0.39 is 32.6 Å². The lowest BCUT2D eigenvalue weighted by Gasteiger charge is -2.38. The van der Waals surface area contributed by atoms with Crippen LogP contribution in [0.15, 0.2) is 182 Å². The highest BCUT2D eigenvalue weighted by Gasteiger charge is 2.44. The van der Waals surface area contributed by atoms with Gasteiger partial charge >= 0.3 is 0 Å². The Balaban J connectivity index is 1.23. The van der Waals surface area contributed by atoms with Crippen LogP contribution in [-0.4, -0.2) is 17.5 Å². The lowest BCUT2D eigenvalue weighted by Crippen LogP contribution is -2.74. The van der Waals surface area contributed by atoms with Crippen LogP contribution in [0.1, 0.15) is 85.7 Å². The van der Waals surface area contributed by atoms with Crippen molar-refractivity contribution in [2.75, 3.05) is 0 Å². The standard InChI is InChI=1S/C60H54N2OSSi/c1-58(2,3)47-35-33-41(37-45(47)43-25-19-28-50-55(43)63-54-32-18-15-27-49(54)60(50,7)8)65(39-21-11-9-12-22-39,40-23-13-10-14-24-40)42-34-36-48(59(4,5)6)46(38-42)44-26-20-31-53-56(44)64-57-61-51-29-16-17-30-52(51)62(53)57/h9-38H,1-8H3/i7D3,8D3. The van der Waals surface area contributed by atoms with E-state index in [9.17, 15) is 0 Å². The molecule has 0 amide bonds. The predicted octanol–water partition coefficient (Wildman–Crippen LogP) is 13.4. The van der Waals surface area contributed by atoms with Crippen LogP contribution in [0.25, 0.3) is 48.5 Å². The molecule has 0 spiro atoms. The molecule has 65 heavy (non-hydrogen) atoms. The Morgan fingerprint density at radius 3 is 1.71 bits per heavy atom. The van der Waals surface area contributed by atoms with Crippen molar-refractivity contribution in [3.8, 4) is 33.8 Å². The summed E-state index contributed by atoms with van der Waals surface area (Å²) >= 11 is 1.72. The molecule has 0 fully saturated rings. The minimum Gasteiger partial charge on any atom is -0.456 e. The maximum Gasteiger partial charge on any atom is 0.195 e. The van der Waals surface area contributed by atoms with Crippen molar-refractivity contribution in [3.63, 3.8) is 0 Å². The second-order valence-corrected chi connectivity index (χ2v) is 24.3. The van der Waals surface area contributed by atoms with E-state index in [1.165, 1.54) is 31.4 Å². The zero-order valence-electron chi connectivity index (χ0n) is 43.5. The molecular weight excluding hydrogens is 825 g/mol. The third-order valence-corrected chi connectivity index (χ3v) is 19.2. The van der Waals surface area contributed by atoms with Crippen LogP contribution in [0, 0.1) is 0 Å². The molecule has 3 nitrogen and oxygen atoms in total. The van der Waals surface area contributed by atoms with Crippen molar-refractivity contribution in [2.45, 2.75) is 71.5 Å². The van der Waals surface area contributed by atoms with Crippen molar-refractivity contribution in [3.05, 3.63) is 204 Å². The summed E-state index contributed by atoms with van der Waals surface area (Å²) < 4.78 is 64.7. The second-order valence-electron chi connectivity index (χ2n) is 19.5. The molecule has 2 aromatic heterocycles. The van der Waals surface area contributed by atoms with E-state index in [0.29, 0.717) is 5.56 Å². The Bertz CT molecular complexity index is 3640. The monoisotopic (exact) mass is 884 g/mol. The van der Waals surface area contributed by atoms with Crippen LogP contribution < -0.4 is 25.5 Å². The summed E-state index contributed by atoms with van der Waals surface area (Å²) in [6.07, 6.45) is 0. The van der Waals surface area contributed by atoms with Gasteiger partial charge in [0.2, 0.25) is 0 Å². The molecule has 0 N–H and O–H groups in total. The molecule has 320 valence electrons. The average molecular weight is 885 g/mol. The van der Waals surface area contributed by atoms with Gasteiger partial charge in [0, 0.05) is 35.9 Å². The molecule has 1 aliphatic heterocycles. The minimum absolute atomic E-state index is 0.124. The first-order valence-electron chi connectivity index (χ1n) is 25.4. The number of imidazole rings is 1. The smallest absolute Gasteiger partial charge is 0.195 e. The van der Waals surface area contributed by atoms with Crippen LogP contribution in [0.4, 0.5) is 0 Å². The number of benzene rings is 8. The molecule has 0 saturated heterocycles. The summed E-state index contributed by atoms with van der Waals surface area (Å²) in [6.45, 7) is 7.44. The van der Waals surface area contributed by atoms with Gasteiger partial charge in [-0.05, 0) is 78.1 Å². The van der Waals surface area contributed by atoms with Crippen LogP contribution in [0.2, 0.25) is 0 Å². The zero-order chi connectivity index (χ0) is 49.9. The van der Waals surface area contributed by atoms with E-state index in [1.54, 1.807) is 47.7 Å². The van der Waals surface area contributed by atoms with Crippen molar-refractivity contribution < 1.29 is 13.0 Å². The van der Waals surface area contributed by atoms with Gasteiger partial charge in [-0.2, -0.15) is 0 Å². The van der Waals surface area contributed by atoms with Crippen molar-refractivity contribution >= 4 is 66.4 Å². The van der Waals surface area contributed by atoms with Gasteiger partial charge < -0.3 is 4.74 Å². The molecule has 3 heterocycles. The topological polar surface area (TPSA) is 26.5 Å². The van der Waals surface area contributed by atoms with E-state index in [-0.39, 0.29) is 28.0 Å². The first kappa shape index (κ1) is 34.8. The van der Waals surface area contributed by atoms with Gasteiger partial charge in [0.15, 0.2) is 13.0 Å². The molecule has 11 rings (SSSR count). The maximum absolute atomic E-state index is 9.06. The zero-order valence-corrected chi connectivity index (χ0v) is 39.3. The highest BCUT2D eigenvalue weighted by atomic mass is 32.1. The van der Waals surface area contributed by atoms with Crippen LogP contribution in [0.5, 0.6) is 11.5 Å². The summed E-state index contributed by atoms with van der Waals surface area (Å²) in [4.78, 5) is 6.04. The summed E-state index contributed by atoms with van der Waals surface area (Å²) in [5, 5.41) is 4.69. The number of hydrogen-bond acceptors (Lipinski definition) is 3. The molecule has 1 aliphatic rings. The Morgan fingerprint density at radius 2 is 1.06 bits per heavy atom. The van der Waals surface area contributed by atoms with Crippen LogP contribution in [0.3, 0.4) is 0 Å². The molecule has 0 saturated carbocycles. The molecule has 10 aromatic rings. The minimum atomic E-state index is -3.33. The molecular formula is C60H54N2OSSi. The fourth-order valence-corrected chi connectivity index (χ4v) is 16.3. The number of hydrogen-bond donors (Lipinski definition) is 0. The number of thiazole rings is 1. The van der Waals surface area contributed by atoms with E-state index >= 15 is 0 Å². The first-order chi connectivity index (χ1) is 33.8. The Morgan fingerprint density at radius 1 is 0.523 bits per heavy atom. The van der Waals surface area contributed by atoms with Crippen molar-refractivity contribution in [1.82, 2.24) is 9.38 Å². The summed E-state index contributed by atoms with van der Waals surface area (Å²) in [6, 6.07) is 62.7. The normalized spacial score (nSPS) is 15.5. The summed E-state index contributed by atoms with van der Waals surface area (Å²) in [5.74, 6) is 0.465. The van der Waals surface area contributed by atoms with Gasteiger partial charge in [-0.1, -0.05) is 224 Å². The quantitative estimate of drug-likeness (QED) is 0.123. The number of ether oxygens (including phenoxy) is 1. The van der Waals surface area contributed by atoms with Gasteiger partial charge in [-0.25, -0.2) is 4.98 Å². The molecule has 0 radical (unpaired) electrons. The lowest BCUT2D eigenvalue weighted by molar-refractivity contribution is 0.419. The first-order valence-corrected chi connectivity index (χ1v) is 25.2. The molecule has 0 aliphatic carbocycles. The van der Waals surface area contributed by atoms with E-state index in [2.05, 4.69) is 179 Å². The van der Waals surface area contributed by atoms with Crippen LogP contribution >= 0.6 is 11.3 Å². The third kappa shape index (κ3) is 6.46. The SMILES string of the molecule is [2H]C([2H])([2H])C1(C([2H])([2H])[2H])c2ccccc2Oc2c(-c3cc([Si](c4ccccc4)(c4ccccc4)c4ccc(C(C)(C)C)c(-c5cccc6c5sc5nc7ccccc7n56)c4)ccc3C(C)(C)C)cccc21. The van der Waals surface area contributed by atoms with Crippen LogP contribution in [-0.2, 0) is 16.2 Å². The maximum atomic E-state index is 9.06. The number of rotatable bonds is 6. The van der Waals surface area contributed by atoms with E-state index in [4.69, 9.17) is 17.9 Å². The molecule has 0 atom stereocenters. The van der Waals surface area contributed by atoms with Gasteiger partial charge in [0.05, 0.1) is 21.3 Å². The van der Waals surface area contributed by atoms with E-state index in [0.717, 1.165) is 43.4 Å². The highest BCUT2D eigenvalue weighted by Crippen LogP contribution is 2.52. The Kier molecular flexibility index (Phi) is 8.04. The number of nitrogens with zero attached hydrogens (tertiary/aromatic N) is 2. The lowest BCUT2D eigenvalue weighted by atomic mass is 9.74. The molecule has 8 aromatic carbocycles. The van der Waals surface area contributed by atoms with E-state index in [1.807, 2.05) is 12.1 Å². The third-order valence-electron chi connectivity index (χ3n) is 13.4. The number of fused-ring (bicyclic) bond motifs is 7. The average Bonchev–Trinajstić information content (AvgIpc) is 3.89. The van der Waals surface area contributed by atoms with Crippen molar-refractivity contribution in [2.24, 2.45) is 0 Å². The second kappa shape index (κ2) is 15.0. The fourth-order valence-electron chi connectivity index (χ4n) is 10.4. The Labute approximate surface area is 396 Å². The largest absolute Gasteiger partial charge is 0.456 e. The Hall–Kier alpha value is -6.53. The number of para-hydroxylation sites is 4. The van der Waals surface area contributed by atoms with Gasteiger partial charge in [0.25, 0.3) is 0 Å². The summed E-state index contributed by atoms with van der Waals surface area (Å²) in [7, 11) is -3.33. The molecule has 0 bridgehead atoms. The van der Waals surface area contributed by atoms with Gasteiger partial charge in [-0.3, -0.25) is 4.40 Å². The van der Waals surface area contributed by atoms with Crippen molar-refractivity contribution in [1.29, 1.82) is 0 Å².